The van der Waals surface area contributed by atoms with Gasteiger partial charge < -0.3 is 15.9 Å². The van der Waals surface area contributed by atoms with Gasteiger partial charge in [0.05, 0.1) is 0 Å². The van der Waals surface area contributed by atoms with Crippen molar-refractivity contribution < 1.29 is 10.2 Å². The summed E-state index contributed by atoms with van der Waals surface area (Å²) >= 11 is 0. The van der Waals surface area contributed by atoms with E-state index in [9.17, 15) is 10.2 Å². The van der Waals surface area contributed by atoms with Crippen molar-refractivity contribution in [2.45, 2.75) is 46.5 Å². The molecule has 0 bridgehead atoms. The molecule has 0 heterocycles. The highest BCUT2D eigenvalue weighted by molar-refractivity contribution is 5.50. The summed E-state index contributed by atoms with van der Waals surface area (Å²) in [6, 6.07) is 3.51. The summed E-state index contributed by atoms with van der Waals surface area (Å²) in [6.45, 7) is 6.18. The SMILES string of the molecule is CC.CCC1CCc2ccc(O)c(O)c2C1.CN. The summed E-state index contributed by atoms with van der Waals surface area (Å²) in [6.07, 6.45) is 4.29. The van der Waals surface area contributed by atoms with E-state index >= 15 is 0 Å². The smallest absolute Gasteiger partial charge is 0.160 e. The molecule has 104 valence electrons. The molecule has 0 aromatic heterocycles. The highest BCUT2D eigenvalue weighted by Crippen LogP contribution is 2.37. The molecule has 0 amide bonds. The van der Waals surface area contributed by atoms with Crippen LogP contribution in [-0.2, 0) is 12.8 Å². The van der Waals surface area contributed by atoms with Crippen LogP contribution in [0.4, 0.5) is 0 Å². The fourth-order valence-electron chi connectivity index (χ4n) is 2.23. The Hall–Kier alpha value is -1.22. The molecule has 4 N–H and O–H groups in total. The molecular weight excluding hydrogens is 226 g/mol. The van der Waals surface area contributed by atoms with E-state index in [4.69, 9.17) is 0 Å². The van der Waals surface area contributed by atoms with Crippen molar-refractivity contribution in [1.82, 2.24) is 0 Å². The van der Waals surface area contributed by atoms with Crippen LogP contribution < -0.4 is 5.73 Å². The first-order valence-electron chi connectivity index (χ1n) is 6.82. The van der Waals surface area contributed by atoms with Crippen LogP contribution in [0.25, 0.3) is 0 Å². The average Bonchev–Trinajstić information content (AvgIpc) is 2.47. The molecule has 18 heavy (non-hydrogen) atoms. The third-order valence-electron chi connectivity index (χ3n) is 3.25. The minimum atomic E-state index is 0.0144. The highest BCUT2D eigenvalue weighted by Gasteiger charge is 2.21. The molecule has 0 saturated heterocycles. The number of phenolic OH excluding ortho intramolecular Hbond substituents is 2. The number of phenols is 2. The second-order valence-electron chi connectivity index (χ2n) is 4.09. The lowest BCUT2D eigenvalue weighted by molar-refractivity contribution is 0.380. The predicted molar refractivity (Wildman–Crippen MR) is 77.0 cm³/mol. The Balaban J connectivity index is 0.000000659. The van der Waals surface area contributed by atoms with E-state index in [1.165, 1.54) is 19.0 Å². The van der Waals surface area contributed by atoms with Gasteiger partial charge >= 0.3 is 0 Å². The number of rotatable bonds is 1. The van der Waals surface area contributed by atoms with Crippen LogP contribution in [0.1, 0.15) is 44.7 Å². The Morgan fingerprint density at radius 1 is 1.22 bits per heavy atom. The largest absolute Gasteiger partial charge is 0.504 e. The first-order chi connectivity index (χ1) is 8.72. The summed E-state index contributed by atoms with van der Waals surface area (Å²) in [5.41, 5.74) is 6.66. The van der Waals surface area contributed by atoms with Crippen LogP contribution in [0, 0.1) is 5.92 Å². The fraction of sp³-hybridized carbons (Fsp3) is 0.600. The van der Waals surface area contributed by atoms with Crippen LogP contribution >= 0.6 is 0 Å². The lowest BCUT2D eigenvalue weighted by atomic mass is 9.82. The van der Waals surface area contributed by atoms with Gasteiger partial charge in [0.1, 0.15) is 0 Å². The Labute approximate surface area is 111 Å². The van der Waals surface area contributed by atoms with Gasteiger partial charge in [0.15, 0.2) is 11.5 Å². The van der Waals surface area contributed by atoms with Gasteiger partial charge in [-0.15, -0.1) is 0 Å². The maximum atomic E-state index is 9.71. The van der Waals surface area contributed by atoms with Gasteiger partial charge in [-0.2, -0.15) is 0 Å². The molecule has 1 aromatic rings. The Morgan fingerprint density at radius 3 is 2.39 bits per heavy atom. The molecular formula is C15H27NO2. The minimum absolute atomic E-state index is 0.0144. The van der Waals surface area contributed by atoms with Crippen molar-refractivity contribution >= 4 is 0 Å². The van der Waals surface area contributed by atoms with Gasteiger partial charge in [-0.25, -0.2) is 0 Å². The molecule has 2 rings (SSSR count). The van der Waals surface area contributed by atoms with Crippen molar-refractivity contribution in [3.63, 3.8) is 0 Å². The lowest BCUT2D eigenvalue weighted by Crippen LogP contribution is -2.13. The molecule has 1 aliphatic rings. The van der Waals surface area contributed by atoms with Crippen molar-refractivity contribution in [2.75, 3.05) is 7.05 Å². The minimum Gasteiger partial charge on any atom is -0.504 e. The fourth-order valence-corrected chi connectivity index (χ4v) is 2.23. The van der Waals surface area contributed by atoms with Crippen LogP contribution in [0.2, 0.25) is 0 Å². The lowest BCUT2D eigenvalue weighted by Gasteiger charge is -2.24. The van der Waals surface area contributed by atoms with Crippen molar-refractivity contribution in [3.8, 4) is 11.5 Å². The average molecular weight is 253 g/mol. The van der Waals surface area contributed by atoms with Gasteiger partial charge in [-0.05, 0) is 43.9 Å². The molecule has 0 aliphatic heterocycles. The van der Waals surface area contributed by atoms with Gasteiger partial charge in [0.2, 0.25) is 0 Å². The molecule has 0 fully saturated rings. The number of nitrogens with two attached hydrogens (primary N) is 1. The molecule has 1 aromatic carbocycles. The Kier molecular flexibility index (Phi) is 8.21. The van der Waals surface area contributed by atoms with Crippen LogP contribution in [-0.4, -0.2) is 17.3 Å². The zero-order chi connectivity index (χ0) is 14.1. The van der Waals surface area contributed by atoms with Gasteiger partial charge in [0, 0.05) is 5.56 Å². The van der Waals surface area contributed by atoms with E-state index in [-0.39, 0.29) is 11.5 Å². The molecule has 0 spiro atoms. The third kappa shape index (κ3) is 3.91. The monoisotopic (exact) mass is 253 g/mol. The molecule has 1 unspecified atom stereocenters. The molecule has 1 aliphatic carbocycles. The van der Waals surface area contributed by atoms with E-state index in [2.05, 4.69) is 12.7 Å². The van der Waals surface area contributed by atoms with E-state index in [1.54, 1.807) is 6.07 Å². The first-order valence-corrected chi connectivity index (χ1v) is 6.82. The number of fused-ring (bicyclic) bond motifs is 1. The van der Waals surface area contributed by atoms with Crippen molar-refractivity contribution in [1.29, 1.82) is 0 Å². The zero-order valence-electron chi connectivity index (χ0n) is 12.0. The second-order valence-corrected chi connectivity index (χ2v) is 4.09. The van der Waals surface area contributed by atoms with Gasteiger partial charge in [-0.1, -0.05) is 33.3 Å². The highest BCUT2D eigenvalue weighted by atomic mass is 16.3. The zero-order valence-corrected chi connectivity index (χ0v) is 12.0. The van der Waals surface area contributed by atoms with Crippen LogP contribution in [0.3, 0.4) is 0 Å². The van der Waals surface area contributed by atoms with Crippen molar-refractivity contribution in [3.05, 3.63) is 23.3 Å². The van der Waals surface area contributed by atoms with Crippen LogP contribution in [0.15, 0.2) is 12.1 Å². The molecule has 0 saturated carbocycles. The summed E-state index contributed by atoms with van der Waals surface area (Å²) in [7, 11) is 1.50. The number of hydrogen-bond donors (Lipinski definition) is 3. The number of aryl methyl sites for hydroxylation is 1. The Morgan fingerprint density at radius 2 is 1.83 bits per heavy atom. The van der Waals surface area contributed by atoms with E-state index in [0.29, 0.717) is 5.92 Å². The third-order valence-corrected chi connectivity index (χ3v) is 3.25. The standard InChI is InChI=1S/C12H16O2.C2H6.CH5N/c1-2-8-3-4-9-5-6-11(13)12(14)10(9)7-8;2*1-2/h5-6,8,13-14H,2-4,7H2,1H3;1-2H3;2H2,1H3. The van der Waals surface area contributed by atoms with Gasteiger partial charge in [0.25, 0.3) is 0 Å². The normalized spacial score (nSPS) is 16.6. The van der Waals surface area contributed by atoms with E-state index in [0.717, 1.165) is 24.8 Å². The summed E-state index contributed by atoms with van der Waals surface area (Å²) in [4.78, 5) is 0. The summed E-state index contributed by atoms with van der Waals surface area (Å²) < 4.78 is 0. The number of benzene rings is 1. The first kappa shape index (κ1) is 16.8. The van der Waals surface area contributed by atoms with Gasteiger partial charge in [-0.3, -0.25) is 0 Å². The van der Waals surface area contributed by atoms with E-state index < -0.39 is 0 Å². The van der Waals surface area contributed by atoms with E-state index in [1.807, 2.05) is 19.9 Å². The molecule has 0 radical (unpaired) electrons. The Bertz CT molecular complexity index is 351. The van der Waals surface area contributed by atoms with Crippen LogP contribution in [0.5, 0.6) is 11.5 Å². The molecule has 3 heteroatoms. The topological polar surface area (TPSA) is 66.5 Å². The van der Waals surface area contributed by atoms with Crippen molar-refractivity contribution in [2.24, 2.45) is 11.7 Å². The maximum Gasteiger partial charge on any atom is 0.160 e. The molecule has 1 atom stereocenters. The maximum absolute atomic E-state index is 9.71. The number of aromatic hydroxyl groups is 2. The summed E-state index contributed by atoms with van der Waals surface area (Å²) in [5.74, 6) is 0.774. The second kappa shape index (κ2) is 8.81. The predicted octanol–water partition coefficient (Wildman–Crippen LogP) is 3.21. The number of hydrogen-bond acceptors (Lipinski definition) is 3. The quantitative estimate of drug-likeness (QED) is 0.673. The summed E-state index contributed by atoms with van der Waals surface area (Å²) in [5, 5.41) is 19.1. The molecule has 3 nitrogen and oxygen atoms in total.